The Bertz CT molecular complexity index is 409. The molecule has 0 radical (unpaired) electrons. The minimum Gasteiger partial charge on any atom is -0.379 e. The van der Waals surface area contributed by atoms with Crippen LogP contribution in [0.4, 0.5) is 11.4 Å². The molecule has 0 aliphatic heterocycles. The molecule has 0 heterocycles. The number of benzene rings is 1. The summed E-state index contributed by atoms with van der Waals surface area (Å²) in [7, 11) is 0. The average Bonchev–Trinajstić information content (AvgIpc) is 2.15. The Balaban J connectivity index is 2.83. The lowest BCUT2D eigenvalue weighted by Crippen LogP contribution is -2.02. The molecule has 0 bridgehead atoms. The van der Waals surface area contributed by atoms with Crippen LogP contribution in [0.15, 0.2) is 29.8 Å². The van der Waals surface area contributed by atoms with Crippen molar-refractivity contribution in [3.63, 3.8) is 0 Å². The van der Waals surface area contributed by atoms with E-state index >= 15 is 0 Å². The molecular weight excluding hydrogens is 330 g/mol. The van der Waals surface area contributed by atoms with Crippen molar-refractivity contribution in [3.8, 4) is 0 Å². The number of nitro benzene ring substituents is 1. The molecule has 1 rings (SSSR count). The van der Waals surface area contributed by atoms with Crippen LogP contribution in [0.5, 0.6) is 0 Å². The standard InChI is InChI=1S/C9H8ClIN2O2/c1-6(10)5-12-9-3-2-7(13(14)15)4-8(9)11/h2-4,12H,1,5H2. The molecule has 0 aliphatic rings. The monoisotopic (exact) mass is 338 g/mol. The van der Waals surface area contributed by atoms with Crippen LogP contribution in [0.25, 0.3) is 0 Å². The lowest BCUT2D eigenvalue weighted by Gasteiger charge is -2.06. The zero-order chi connectivity index (χ0) is 11.4. The lowest BCUT2D eigenvalue weighted by molar-refractivity contribution is -0.384. The molecule has 1 aromatic rings. The van der Waals surface area contributed by atoms with E-state index in [2.05, 4.69) is 11.9 Å². The molecule has 80 valence electrons. The van der Waals surface area contributed by atoms with Crippen LogP contribution in [0.1, 0.15) is 0 Å². The van der Waals surface area contributed by atoms with Crippen LogP contribution in [-0.2, 0) is 0 Å². The van der Waals surface area contributed by atoms with Gasteiger partial charge in [0, 0.05) is 26.4 Å². The van der Waals surface area contributed by atoms with Gasteiger partial charge in [-0.15, -0.1) is 0 Å². The smallest absolute Gasteiger partial charge is 0.270 e. The van der Waals surface area contributed by atoms with Crippen LogP contribution in [0.2, 0.25) is 0 Å². The molecular formula is C9H8ClIN2O2. The fourth-order valence-electron chi connectivity index (χ4n) is 0.952. The summed E-state index contributed by atoms with van der Waals surface area (Å²) in [5.41, 5.74) is 0.887. The Morgan fingerprint density at radius 1 is 1.67 bits per heavy atom. The van der Waals surface area contributed by atoms with E-state index in [4.69, 9.17) is 11.6 Å². The highest BCUT2D eigenvalue weighted by Crippen LogP contribution is 2.23. The van der Waals surface area contributed by atoms with Crippen molar-refractivity contribution >= 4 is 45.6 Å². The van der Waals surface area contributed by atoms with E-state index in [0.29, 0.717) is 11.6 Å². The number of rotatable bonds is 4. The molecule has 0 fully saturated rings. The van der Waals surface area contributed by atoms with Gasteiger partial charge in [-0.3, -0.25) is 10.1 Å². The number of halogens is 2. The van der Waals surface area contributed by atoms with Crippen LogP contribution in [0, 0.1) is 13.7 Å². The van der Waals surface area contributed by atoms with Gasteiger partial charge in [-0.05, 0) is 28.7 Å². The molecule has 15 heavy (non-hydrogen) atoms. The highest BCUT2D eigenvalue weighted by Gasteiger charge is 2.08. The highest BCUT2D eigenvalue weighted by atomic mass is 127. The number of anilines is 1. The summed E-state index contributed by atoms with van der Waals surface area (Å²) in [6.07, 6.45) is 0. The highest BCUT2D eigenvalue weighted by molar-refractivity contribution is 14.1. The molecule has 0 aromatic heterocycles. The maximum Gasteiger partial charge on any atom is 0.270 e. The molecule has 1 N–H and O–H groups in total. The number of nitrogens with zero attached hydrogens (tertiary/aromatic N) is 1. The van der Waals surface area contributed by atoms with E-state index in [9.17, 15) is 10.1 Å². The van der Waals surface area contributed by atoms with Gasteiger partial charge in [0.25, 0.3) is 5.69 Å². The Kier molecular flexibility index (Phi) is 4.34. The second-order valence-electron chi connectivity index (χ2n) is 2.79. The molecule has 6 heteroatoms. The normalized spacial score (nSPS) is 9.73. The van der Waals surface area contributed by atoms with Crippen molar-refractivity contribution in [2.45, 2.75) is 0 Å². The van der Waals surface area contributed by atoms with Gasteiger partial charge in [0.05, 0.1) is 11.5 Å². The number of hydrogen-bond donors (Lipinski definition) is 1. The van der Waals surface area contributed by atoms with E-state index in [-0.39, 0.29) is 5.69 Å². The largest absolute Gasteiger partial charge is 0.379 e. The van der Waals surface area contributed by atoms with Crippen molar-refractivity contribution in [3.05, 3.63) is 43.5 Å². The van der Waals surface area contributed by atoms with Crippen molar-refractivity contribution in [1.29, 1.82) is 0 Å². The fourth-order valence-corrected chi connectivity index (χ4v) is 1.71. The van der Waals surface area contributed by atoms with Crippen LogP contribution < -0.4 is 5.32 Å². The van der Waals surface area contributed by atoms with E-state index < -0.39 is 4.92 Å². The molecule has 0 spiro atoms. The van der Waals surface area contributed by atoms with Crippen LogP contribution >= 0.6 is 34.2 Å². The molecule has 1 aromatic carbocycles. The summed E-state index contributed by atoms with van der Waals surface area (Å²) in [4.78, 5) is 10.1. The molecule has 0 saturated heterocycles. The molecule has 0 aliphatic carbocycles. The number of hydrogen-bond acceptors (Lipinski definition) is 3. The summed E-state index contributed by atoms with van der Waals surface area (Å²) < 4.78 is 0.778. The predicted octanol–water partition coefficient (Wildman–Crippen LogP) is 3.36. The zero-order valence-corrected chi connectivity index (χ0v) is 10.6. The quantitative estimate of drug-likeness (QED) is 0.520. The van der Waals surface area contributed by atoms with Gasteiger partial charge in [-0.25, -0.2) is 0 Å². The summed E-state index contributed by atoms with van der Waals surface area (Å²) in [5, 5.41) is 14.0. The summed E-state index contributed by atoms with van der Waals surface area (Å²) in [6.45, 7) is 3.98. The third-order valence-corrected chi connectivity index (χ3v) is 2.66. The number of non-ortho nitro benzene ring substituents is 1. The molecule has 0 atom stereocenters. The Morgan fingerprint density at radius 2 is 2.33 bits per heavy atom. The van der Waals surface area contributed by atoms with Crippen molar-refractivity contribution < 1.29 is 4.92 Å². The molecule has 0 saturated carbocycles. The second-order valence-corrected chi connectivity index (χ2v) is 4.49. The number of nitro groups is 1. The Hall–Kier alpha value is -0.820. The second kappa shape index (κ2) is 5.32. The van der Waals surface area contributed by atoms with Gasteiger partial charge < -0.3 is 5.32 Å². The SMILES string of the molecule is C=C(Cl)CNc1ccc([N+](=O)[O-])cc1I. The van der Waals surface area contributed by atoms with Gasteiger partial charge in [-0.1, -0.05) is 18.2 Å². The van der Waals surface area contributed by atoms with Crippen molar-refractivity contribution in [2.75, 3.05) is 11.9 Å². The third kappa shape index (κ3) is 3.67. The lowest BCUT2D eigenvalue weighted by atomic mass is 10.3. The summed E-state index contributed by atoms with van der Waals surface area (Å²) in [5.74, 6) is 0. The first-order valence-corrected chi connectivity index (χ1v) is 5.47. The first kappa shape index (κ1) is 12.3. The summed E-state index contributed by atoms with van der Waals surface area (Å²) in [6, 6.07) is 4.60. The number of nitrogens with one attached hydrogen (secondary N) is 1. The molecule has 0 amide bonds. The van der Waals surface area contributed by atoms with Crippen LogP contribution in [-0.4, -0.2) is 11.5 Å². The van der Waals surface area contributed by atoms with E-state index in [1.807, 2.05) is 22.6 Å². The van der Waals surface area contributed by atoms with E-state index in [0.717, 1.165) is 9.26 Å². The van der Waals surface area contributed by atoms with Gasteiger partial charge in [-0.2, -0.15) is 0 Å². The minimum absolute atomic E-state index is 0.0784. The summed E-state index contributed by atoms with van der Waals surface area (Å²) >= 11 is 7.62. The molecule has 0 unspecified atom stereocenters. The van der Waals surface area contributed by atoms with Gasteiger partial charge in [0.15, 0.2) is 0 Å². The Labute approximate surface area is 106 Å². The zero-order valence-electron chi connectivity index (χ0n) is 7.67. The van der Waals surface area contributed by atoms with E-state index in [1.165, 1.54) is 12.1 Å². The first-order valence-electron chi connectivity index (χ1n) is 4.02. The van der Waals surface area contributed by atoms with E-state index in [1.54, 1.807) is 6.07 Å². The minimum atomic E-state index is -0.424. The fraction of sp³-hybridized carbons (Fsp3) is 0.111. The predicted molar refractivity (Wildman–Crippen MR) is 69.3 cm³/mol. The van der Waals surface area contributed by atoms with Crippen LogP contribution in [0.3, 0.4) is 0 Å². The first-order chi connectivity index (χ1) is 7.00. The Morgan fingerprint density at radius 3 is 2.80 bits per heavy atom. The van der Waals surface area contributed by atoms with Crippen molar-refractivity contribution in [1.82, 2.24) is 0 Å². The molecule has 4 nitrogen and oxygen atoms in total. The van der Waals surface area contributed by atoms with Gasteiger partial charge in [0.1, 0.15) is 0 Å². The van der Waals surface area contributed by atoms with Gasteiger partial charge >= 0.3 is 0 Å². The van der Waals surface area contributed by atoms with Gasteiger partial charge in [0.2, 0.25) is 0 Å². The third-order valence-electron chi connectivity index (χ3n) is 1.63. The van der Waals surface area contributed by atoms with Crippen molar-refractivity contribution in [2.24, 2.45) is 0 Å². The maximum atomic E-state index is 10.5. The maximum absolute atomic E-state index is 10.5. The average molecular weight is 339 g/mol. The topological polar surface area (TPSA) is 55.2 Å².